The van der Waals surface area contributed by atoms with Crippen LogP contribution >= 0.6 is 24.0 Å². The van der Waals surface area contributed by atoms with E-state index in [0.717, 1.165) is 57.0 Å². The van der Waals surface area contributed by atoms with Gasteiger partial charge in [-0.25, -0.2) is 4.99 Å². The number of guanidine groups is 1. The van der Waals surface area contributed by atoms with E-state index in [1.54, 1.807) is 0 Å². The number of carbonyl (C=O) groups excluding carboxylic acids is 1. The maximum Gasteiger partial charge on any atom is 0.222 e. The lowest BCUT2D eigenvalue weighted by Gasteiger charge is -2.16. The van der Waals surface area contributed by atoms with Crippen molar-refractivity contribution in [3.05, 3.63) is 35.4 Å². The molecule has 0 spiro atoms. The van der Waals surface area contributed by atoms with Gasteiger partial charge in [0.25, 0.3) is 0 Å². The van der Waals surface area contributed by atoms with Crippen molar-refractivity contribution in [1.29, 1.82) is 0 Å². The Morgan fingerprint density at radius 2 is 2.00 bits per heavy atom. The van der Waals surface area contributed by atoms with Gasteiger partial charge in [0, 0.05) is 39.2 Å². The molecule has 0 aromatic heterocycles. The fourth-order valence-corrected chi connectivity index (χ4v) is 3.37. The fourth-order valence-electron chi connectivity index (χ4n) is 3.37. The Labute approximate surface area is 179 Å². The molecule has 2 heterocycles. The molecular formula is C20H31IN4O2. The number of rotatable bonds is 7. The summed E-state index contributed by atoms with van der Waals surface area (Å²) in [6, 6.07) is 8.40. The molecule has 7 heteroatoms. The molecule has 3 rings (SSSR count). The molecule has 2 saturated heterocycles. The van der Waals surface area contributed by atoms with E-state index >= 15 is 0 Å². The van der Waals surface area contributed by atoms with Crippen LogP contribution in [0.15, 0.2) is 29.3 Å². The molecule has 1 aromatic carbocycles. The minimum Gasteiger partial charge on any atom is -0.376 e. The number of hydrogen-bond donors (Lipinski definition) is 2. The molecule has 150 valence electrons. The molecule has 2 N–H and O–H groups in total. The van der Waals surface area contributed by atoms with Crippen LogP contribution < -0.4 is 10.6 Å². The van der Waals surface area contributed by atoms with Crippen molar-refractivity contribution < 1.29 is 9.53 Å². The minimum absolute atomic E-state index is 0. The van der Waals surface area contributed by atoms with Gasteiger partial charge in [-0.3, -0.25) is 4.79 Å². The van der Waals surface area contributed by atoms with Gasteiger partial charge >= 0.3 is 0 Å². The molecule has 1 atom stereocenters. The third-order valence-electron chi connectivity index (χ3n) is 4.85. The Balaban J connectivity index is 0.00000261. The minimum atomic E-state index is 0. The number of carbonyl (C=O) groups is 1. The van der Waals surface area contributed by atoms with Crippen molar-refractivity contribution in [1.82, 2.24) is 15.5 Å². The summed E-state index contributed by atoms with van der Waals surface area (Å²) in [7, 11) is 0. The van der Waals surface area contributed by atoms with E-state index < -0.39 is 0 Å². The van der Waals surface area contributed by atoms with Crippen molar-refractivity contribution >= 4 is 35.8 Å². The summed E-state index contributed by atoms with van der Waals surface area (Å²) >= 11 is 0. The summed E-state index contributed by atoms with van der Waals surface area (Å²) in [6.07, 6.45) is 4.24. The summed E-state index contributed by atoms with van der Waals surface area (Å²) in [5.74, 6) is 1.10. The fraction of sp³-hybridized carbons (Fsp3) is 0.600. The number of nitrogens with zero attached hydrogens (tertiary/aromatic N) is 2. The first-order chi connectivity index (χ1) is 12.7. The Bertz CT molecular complexity index is 615. The van der Waals surface area contributed by atoms with Crippen molar-refractivity contribution in [2.24, 2.45) is 4.99 Å². The van der Waals surface area contributed by atoms with Crippen LogP contribution in [0.3, 0.4) is 0 Å². The SMILES string of the molecule is CCNC(=NCc1ccc(CN2CCCC2=O)cc1)NCC1CCCO1.I. The molecule has 1 amide bonds. The third-order valence-corrected chi connectivity index (χ3v) is 4.85. The third kappa shape index (κ3) is 6.95. The highest BCUT2D eigenvalue weighted by Gasteiger charge is 2.19. The van der Waals surface area contributed by atoms with Gasteiger partial charge in [0.15, 0.2) is 5.96 Å². The average molecular weight is 486 g/mol. The average Bonchev–Trinajstić information content (AvgIpc) is 3.31. The highest BCUT2D eigenvalue weighted by molar-refractivity contribution is 14.0. The standard InChI is InChI=1S/C20H30N4O2.HI/c1-2-21-20(23-14-18-5-4-12-26-18)22-13-16-7-9-17(10-8-16)15-24-11-3-6-19(24)25;/h7-10,18H,2-6,11-15H2,1H3,(H2,21,22,23);1H. The van der Waals surface area contributed by atoms with Crippen LogP contribution in [0.2, 0.25) is 0 Å². The normalized spacial score (nSPS) is 19.9. The van der Waals surface area contributed by atoms with E-state index in [4.69, 9.17) is 4.74 Å². The lowest BCUT2D eigenvalue weighted by Crippen LogP contribution is -2.41. The lowest BCUT2D eigenvalue weighted by atomic mass is 10.1. The van der Waals surface area contributed by atoms with Gasteiger partial charge in [-0.05, 0) is 37.3 Å². The molecule has 2 aliphatic rings. The quantitative estimate of drug-likeness (QED) is 0.354. The molecule has 0 radical (unpaired) electrons. The van der Waals surface area contributed by atoms with Crippen LogP contribution in [0.5, 0.6) is 0 Å². The number of nitrogens with one attached hydrogen (secondary N) is 2. The van der Waals surface area contributed by atoms with E-state index in [0.29, 0.717) is 25.6 Å². The van der Waals surface area contributed by atoms with Crippen molar-refractivity contribution in [3.63, 3.8) is 0 Å². The second kappa shape index (κ2) is 11.5. The van der Waals surface area contributed by atoms with Crippen LogP contribution in [0.25, 0.3) is 0 Å². The number of hydrogen-bond acceptors (Lipinski definition) is 3. The molecule has 0 aliphatic carbocycles. The van der Waals surface area contributed by atoms with Gasteiger partial charge in [-0.1, -0.05) is 24.3 Å². The zero-order valence-electron chi connectivity index (χ0n) is 16.1. The molecule has 2 fully saturated rings. The van der Waals surface area contributed by atoms with E-state index in [-0.39, 0.29) is 29.9 Å². The molecule has 2 aliphatic heterocycles. The van der Waals surface area contributed by atoms with Gasteiger partial charge in [0.2, 0.25) is 5.91 Å². The van der Waals surface area contributed by atoms with Crippen LogP contribution in [0.1, 0.15) is 43.7 Å². The monoisotopic (exact) mass is 486 g/mol. The van der Waals surface area contributed by atoms with Crippen molar-refractivity contribution in [2.75, 3.05) is 26.2 Å². The summed E-state index contributed by atoms with van der Waals surface area (Å²) in [5.41, 5.74) is 2.34. The molecule has 1 unspecified atom stereocenters. The Morgan fingerprint density at radius 3 is 2.63 bits per heavy atom. The highest BCUT2D eigenvalue weighted by atomic mass is 127. The zero-order chi connectivity index (χ0) is 18.2. The van der Waals surface area contributed by atoms with Crippen LogP contribution in [0, 0.1) is 0 Å². The Morgan fingerprint density at radius 1 is 1.22 bits per heavy atom. The zero-order valence-corrected chi connectivity index (χ0v) is 18.4. The summed E-state index contributed by atoms with van der Waals surface area (Å²) in [5, 5.41) is 6.65. The van der Waals surface area contributed by atoms with E-state index in [2.05, 4.69) is 46.8 Å². The molecule has 0 bridgehead atoms. The first-order valence-corrected chi connectivity index (χ1v) is 9.74. The predicted molar refractivity (Wildman–Crippen MR) is 118 cm³/mol. The first-order valence-electron chi connectivity index (χ1n) is 9.74. The number of benzene rings is 1. The van der Waals surface area contributed by atoms with Gasteiger partial charge in [0.05, 0.1) is 12.6 Å². The Hall–Kier alpha value is -1.35. The first kappa shape index (κ1) is 21.9. The summed E-state index contributed by atoms with van der Waals surface area (Å²) in [6.45, 7) is 6.80. The number of amides is 1. The molecule has 0 saturated carbocycles. The lowest BCUT2D eigenvalue weighted by molar-refractivity contribution is -0.128. The van der Waals surface area contributed by atoms with Crippen molar-refractivity contribution in [3.8, 4) is 0 Å². The van der Waals surface area contributed by atoms with Crippen LogP contribution in [-0.4, -0.2) is 49.1 Å². The number of halogens is 1. The van der Waals surface area contributed by atoms with Crippen molar-refractivity contribution in [2.45, 2.75) is 51.8 Å². The molecule has 27 heavy (non-hydrogen) atoms. The predicted octanol–water partition coefficient (Wildman–Crippen LogP) is 2.66. The molecule has 1 aromatic rings. The maximum absolute atomic E-state index is 11.7. The number of likely N-dealkylation sites (tertiary alicyclic amines) is 1. The van der Waals surface area contributed by atoms with E-state index in [1.165, 1.54) is 5.56 Å². The highest BCUT2D eigenvalue weighted by Crippen LogP contribution is 2.15. The molecule has 6 nitrogen and oxygen atoms in total. The smallest absolute Gasteiger partial charge is 0.222 e. The van der Waals surface area contributed by atoms with E-state index in [9.17, 15) is 4.79 Å². The Kier molecular flexibility index (Phi) is 9.33. The second-order valence-corrected chi connectivity index (χ2v) is 6.95. The largest absolute Gasteiger partial charge is 0.376 e. The summed E-state index contributed by atoms with van der Waals surface area (Å²) < 4.78 is 5.65. The van der Waals surface area contributed by atoms with Gasteiger partial charge in [-0.2, -0.15) is 0 Å². The van der Waals surface area contributed by atoms with Crippen LogP contribution in [-0.2, 0) is 22.6 Å². The second-order valence-electron chi connectivity index (χ2n) is 6.95. The summed E-state index contributed by atoms with van der Waals surface area (Å²) in [4.78, 5) is 18.3. The van der Waals surface area contributed by atoms with Gasteiger partial charge in [-0.15, -0.1) is 24.0 Å². The number of ether oxygens (including phenoxy) is 1. The maximum atomic E-state index is 11.7. The van der Waals surface area contributed by atoms with E-state index in [1.807, 2.05) is 4.90 Å². The van der Waals surface area contributed by atoms with Gasteiger partial charge < -0.3 is 20.3 Å². The van der Waals surface area contributed by atoms with Crippen LogP contribution in [0.4, 0.5) is 0 Å². The topological polar surface area (TPSA) is 66.0 Å². The number of aliphatic imine (C=N–C) groups is 1. The molecular weight excluding hydrogens is 455 g/mol. The van der Waals surface area contributed by atoms with Gasteiger partial charge in [0.1, 0.15) is 0 Å².